The molecule has 1 aliphatic rings. The zero-order chi connectivity index (χ0) is 26.0. The van der Waals surface area contributed by atoms with Crippen LogP contribution in [0.2, 0.25) is 0 Å². The molecule has 0 fully saturated rings. The maximum Gasteiger partial charge on any atom is 0.253 e. The Morgan fingerprint density at radius 3 is 2.57 bits per heavy atom. The molecule has 37 heavy (non-hydrogen) atoms. The number of amides is 1. The van der Waals surface area contributed by atoms with E-state index in [-0.39, 0.29) is 5.91 Å². The SMILES string of the molecule is CC(C)CCN1CCOCCOc2ccc(C(=O)N(C)Cc3ccccc3)cc2Cc2cccc(c2)C1. The van der Waals surface area contributed by atoms with Gasteiger partial charge in [-0.15, -0.1) is 0 Å². The number of carbonyl (C=O) groups excluding carboxylic acids is 1. The molecule has 0 N–H and O–H groups in total. The van der Waals surface area contributed by atoms with E-state index < -0.39 is 0 Å². The molecule has 5 heteroatoms. The molecular weight excluding hydrogens is 460 g/mol. The van der Waals surface area contributed by atoms with Gasteiger partial charge in [-0.3, -0.25) is 9.69 Å². The summed E-state index contributed by atoms with van der Waals surface area (Å²) >= 11 is 0. The van der Waals surface area contributed by atoms with Gasteiger partial charge in [0.25, 0.3) is 5.91 Å². The molecule has 0 radical (unpaired) electrons. The first-order valence-corrected chi connectivity index (χ1v) is 13.4. The molecule has 3 aromatic rings. The lowest BCUT2D eigenvalue weighted by atomic mass is 9.99. The van der Waals surface area contributed by atoms with Crippen LogP contribution in [-0.2, 0) is 24.2 Å². The summed E-state index contributed by atoms with van der Waals surface area (Å²) in [5.74, 6) is 1.49. The van der Waals surface area contributed by atoms with Gasteiger partial charge in [0.1, 0.15) is 12.4 Å². The molecule has 196 valence electrons. The molecule has 0 atom stereocenters. The van der Waals surface area contributed by atoms with Gasteiger partial charge in [0, 0.05) is 38.7 Å². The van der Waals surface area contributed by atoms with Crippen molar-refractivity contribution in [1.82, 2.24) is 9.80 Å². The van der Waals surface area contributed by atoms with E-state index in [9.17, 15) is 4.79 Å². The third-order valence-corrected chi connectivity index (χ3v) is 6.77. The lowest BCUT2D eigenvalue weighted by molar-refractivity contribution is 0.0762. The van der Waals surface area contributed by atoms with Crippen molar-refractivity contribution in [3.05, 3.63) is 101 Å². The van der Waals surface area contributed by atoms with Crippen LogP contribution in [0, 0.1) is 5.92 Å². The van der Waals surface area contributed by atoms with Gasteiger partial charge >= 0.3 is 0 Å². The van der Waals surface area contributed by atoms with Crippen LogP contribution in [0.1, 0.15) is 52.9 Å². The van der Waals surface area contributed by atoms with Gasteiger partial charge in [0.15, 0.2) is 0 Å². The first-order chi connectivity index (χ1) is 18.0. The average Bonchev–Trinajstić information content (AvgIpc) is 2.89. The molecule has 3 aromatic carbocycles. The van der Waals surface area contributed by atoms with Crippen LogP contribution in [0.3, 0.4) is 0 Å². The van der Waals surface area contributed by atoms with Crippen LogP contribution in [-0.4, -0.2) is 55.7 Å². The largest absolute Gasteiger partial charge is 0.491 e. The normalized spacial score (nSPS) is 14.9. The van der Waals surface area contributed by atoms with E-state index in [0.717, 1.165) is 36.5 Å². The summed E-state index contributed by atoms with van der Waals surface area (Å²) in [5, 5.41) is 0. The van der Waals surface area contributed by atoms with E-state index in [1.165, 1.54) is 17.5 Å². The van der Waals surface area contributed by atoms with Crippen molar-refractivity contribution in [3.8, 4) is 5.75 Å². The molecule has 0 saturated heterocycles. The maximum atomic E-state index is 13.3. The Labute approximate surface area is 222 Å². The van der Waals surface area contributed by atoms with Crippen molar-refractivity contribution >= 4 is 5.91 Å². The Hall–Kier alpha value is -3.15. The third-order valence-electron chi connectivity index (χ3n) is 6.77. The zero-order valence-corrected chi connectivity index (χ0v) is 22.5. The molecule has 2 bridgehead atoms. The van der Waals surface area contributed by atoms with Gasteiger partial charge in [-0.2, -0.15) is 0 Å². The second-order valence-electron chi connectivity index (χ2n) is 10.4. The van der Waals surface area contributed by atoms with E-state index in [1.807, 2.05) is 55.6 Å². The van der Waals surface area contributed by atoms with Crippen molar-refractivity contribution < 1.29 is 14.3 Å². The van der Waals surface area contributed by atoms with Crippen LogP contribution < -0.4 is 4.74 Å². The molecule has 0 unspecified atom stereocenters. The molecule has 0 aromatic heterocycles. The van der Waals surface area contributed by atoms with Crippen molar-refractivity contribution in [1.29, 1.82) is 0 Å². The number of carbonyl (C=O) groups is 1. The Kier molecular flexibility index (Phi) is 9.75. The van der Waals surface area contributed by atoms with Gasteiger partial charge in [-0.25, -0.2) is 0 Å². The number of hydrogen-bond donors (Lipinski definition) is 0. The highest BCUT2D eigenvalue weighted by atomic mass is 16.5. The number of nitrogens with zero attached hydrogens (tertiary/aromatic N) is 2. The first-order valence-electron chi connectivity index (χ1n) is 13.4. The van der Waals surface area contributed by atoms with E-state index in [1.54, 1.807) is 4.90 Å². The number of fused-ring (bicyclic) bond motifs is 3. The molecular formula is C32H40N2O3. The fraction of sp³-hybridized carbons (Fsp3) is 0.406. The first kappa shape index (κ1) is 26.9. The van der Waals surface area contributed by atoms with Crippen LogP contribution in [0.25, 0.3) is 0 Å². The summed E-state index contributed by atoms with van der Waals surface area (Å²) in [7, 11) is 1.85. The molecule has 0 saturated carbocycles. The van der Waals surface area contributed by atoms with Crippen molar-refractivity contribution in [2.45, 2.75) is 39.8 Å². The standard InChI is InChI=1S/C32H40N2O3/c1-25(2)14-15-34-16-17-36-18-19-37-31-13-12-29(32(35)33(3)23-26-8-5-4-6-9-26)22-30(31)21-27-10-7-11-28(20-27)24-34/h4-13,20,22,25H,14-19,21,23-24H2,1-3H3. The molecule has 5 nitrogen and oxygen atoms in total. The van der Waals surface area contributed by atoms with Gasteiger partial charge in [-0.1, -0.05) is 68.4 Å². The molecule has 1 aliphatic heterocycles. The van der Waals surface area contributed by atoms with Crippen molar-refractivity contribution in [2.75, 3.05) is 40.0 Å². The predicted octanol–water partition coefficient (Wildman–Crippen LogP) is 5.81. The monoisotopic (exact) mass is 500 g/mol. The van der Waals surface area contributed by atoms with Gasteiger partial charge in [-0.05, 0) is 59.3 Å². The van der Waals surface area contributed by atoms with E-state index in [2.05, 4.69) is 43.0 Å². The van der Waals surface area contributed by atoms with E-state index in [0.29, 0.717) is 44.3 Å². The second kappa shape index (κ2) is 13.4. The van der Waals surface area contributed by atoms with Crippen LogP contribution >= 0.6 is 0 Å². The summed E-state index contributed by atoms with van der Waals surface area (Å²) in [6.07, 6.45) is 1.88. The van der Waals surface area contributed by atoms with Crippen molar-refractivity contribution in [3.63, 3.8) is 0 Å². The smallest absolute Gasteiger partial charge is 0.253 e. The Morgan fingerprint density at radius 2 is 1.76 bits per heavy atom. The van der Waals surface area contributed by atoms with Crippen molar-refractivity contribution in [2.24, 2.45) is 5.92 Å². The topological polar surface area (TPSA) is 42.0 Å². The highest BCUT2D eigenvalue weighted by Gasteiger charge is 2.16. The lowest BCUT2D eigenvalue weighted by Gasteiger charge is -2.24. The molecule has 1 amide bonds. The fourth-order valence-electron chi connectivity index (χ4n) is 4.67. The Morgan fingerprint density at radius 1 is 0.946 bits per heavy atom. The van der Waals surface area contributed by atoms with Crippen LogP contribution in [0.5, 0.6) is 5.75 Å². The summed E-state index contributed by atoms with van der Waals surface area (Å²) < 4.78 is 12.0. The minimum atomic E-state index is 0.00364. The number of hydrogen-bond acceptors (Lipinski definition) is 4. The lowest BCUT2D eigenvalue weighted by Crippen LogP contribution is -2.29. The fourth-order valence-corrected chi connectivity index (χ4v) is 4.67. The van der Waals surface area contributed by atoms with Gasteiger partial charge in [0.05, 0.1) is 13.2 Å². The summed E-state index contributed by atoms with van der Waals surface area (Å²) in [5.41, 5.74) is 5.33. The predicted molar refractivity (Wildman–Crippen MR) is 149 cm³/mol. The maximum absolute atomic E-state index is 13.3. The summed E-state index contributed by atoms with van der Waals surface area (Å²) in [6.45, 7) is 9.72. The summed E-state index contributed by atoms with van der Waals surface area (Å²) in [4.78, 5) is 17.5. The quantitative estimate of drug-likeness (QED) is 0.429. The number of rotatable bonds is 6. The van der Waals surface area contributed by atoms with Crippen LogP contribution in [0.4, 0.5) is 0 Å². The highest BCUT2D eigenvalue weighted by Crippen LogP contribution is 2.25. The highest BCUT2D eigenvalue weighted by molar-refractivity contribution is 5.94. The Balaban J connectivity index is 1.55. The zero-order valence-electron chi connectivity index (χ0n) is 22.5. The van der Waals surface area contributed by atoms with Gasteiger partial charge < -0.3 is 14.4 Å². The average molecular weight is 501 g/mol. The number of benzene rings is 3. The van der Waals surface area contributed by atoms with E-state index in [4.69, 9.17) is 9.47 Å². The second-order valence-corrected chi connectivity index (χ2v) is 10.4. The minimum absolute atomic E-state index is 0.00364. The molecule has 1 heterocycles. The minimum Gasteiger partial charge on any atom is -0.491 e. The molecule has 4 rings (SSSR count). The Bertz CT molecular complexity index is 1150. The molecule has 0 aliphatic carbocycles. The van der Waals surface area contributed by atoms with E-state index >= 15 is 0 Å². The van der Waals surface area contributed by atoms with Gasteiger partial charge in [0.2, 0.25) is 0 Å². The third kappa shape index (κ3) is 8.17. The van der Waals surface area contributed by atoms with Crippen LogP contribution in [0.15, 0.2) is 72.8 Å². The summed E-state index contributed by atoms with van der Waals surface area (Å²) in [6, 6.07) is 24.7. The number of ether oxygens (including phenoxy) is 2. The molecule has 0 spiro atoms.